The van der Waals surface area contributed by atoms with Crippen LogP contribution in [0.2, 0.25) is 0 Å². The molecule has 2 aromatic rings. The van der Waals surface area contributed by atoms with E-state index >= 15 is 0 Å². The first-order valence-electron chi connectivity index (χ1n) is 11.3. The second kappa shape index (κ2) is 12.3. The number of ether oxygens (including phenoxy) is 2. The largest absolute Gasteiger partial charge is 0.506 e. The summed E-state index contributed by atoms with van der Waals surface area (Å²) in [5.41, 5.74) is 2.43. The average Bonchev–Trinajstić information content (AvgIpc) is 3.34. The van der Waals surface area contributed by atoms with Crippen LogP contribution in [0.3, 0.4) is 0 Å². The minimum absolute atomic E-state index is 0.232. The number of hydrogen-bond donors (Lipinski definition) is 2. The Morgan fingerprint density at radius 2 is 1.91 bits per heavy atom. The molecule has 0 aliphatic carbocycles. The van der Waals surface area contributed by atoms with Gasteiger partial charge < -0.3 is 24.8 Å². The maximum atomic E-state index is 10.4. The average molecular weight is 439 g/mol. The number of anilines is 1. The van der Waals surface area contributed by atoms with Crippen molar-refractivity contribution in [2.45, 2.75) is 31.8 Å². The minimum atomic E-state index is 0.232. The molecule has 6 heteroatoms. The summed E-state index contributed by atoms with van der Waals surface area (Å²) in [7, 11) is 2.15. The van der Waals surface area contributed by atoms with Crippen molar-refractivity contribution in [2.24, 2.45) is 5.92 Å². The summed E-state index contributed by atoms with van der Waals surface area (Å²) in [4.78, 5) is 12.8. The number of phenolic OH excluding ortho intramolecular Hbond substituents is 1. The smallest absolute Gasteiger partial charge is 0.150 e. The first kappa shape index (κ1) is 23.8. The van der Waals surface area contributed by atoms with Gasteiger partial charge in [-0.25, -0.2) is 0 Å². The number of aromatic hydroxyl groups is 1. The fourth-order valence-corrected chi connectivity index (χ4v) is 3.82. The molecular weight excluding hydrogens is 404 g/mol. The van der Waals surface area contributed by atoms with Crippen LogP contribution in [0.4, 0.5) is 5.69 Å². The minimum Gasteiger partial charge on any atom is -0.506 e. The highest BCUT2D eigenvalue weighted by Gasteiger charge is 2.19. The zero-order valence-electron chi connectivity index (χ0n) is 18.8. The molecule has 0 spiro atoms. The molecule has 32 heavy (non-hydrogen) atoms. The molecule has 0 amide bonds. The number of nitrogens with zero attached hydrogens (tertiary/aromatic N) is 1. The maximum Gasteiger partial charge on any atom is 0.150 e. The molecule has 0 aromatic heterocycles. The third-order valence-corrected chi connectivity index (χ3v) is 5.89. The summed E-state index contributed by atoms with van der Waals surface area (Å²) in [6.07, 6.45) is 5.52. The van der Waals surface area contributed by atoms with Gasteiger partial charge >= 0.3 is 0 Å². The Balaban J connectivity index is 0.000000182. The highest BCUT2D eigenvalue weighted by atomic mass is 16.5. The van der Waals surface area contributed by atoms with Gasteiger partial charge in [0, 0.05) is 23.8 Å². The number of phenols is 1. The van der Waals surface area contributed by atoms with Crippen molar-refractivity contribution in [3.8, 4) is 11.5 Å². The summed E-state index contributed by atoms with van der Waals surface area (Å²) in [6, 6.07) is 14.4. The number of likely N-dealkylation sites (tertiary alicyclic amines) is 1. The van der Waals surface area contributed by atoms with E-state index < -0.39 is 0 Å². The quantitative estimate of drug-likeness (QED) is 0.482. The summed E-state index contributed by atoms with van der Waals surface area (Å²) in [5.74, 6) is 1.57. The third kappa shape index (κ3) is 7.39. The second-order valence-corrected chi connectivity index (χ2v) is 8.38. The monoisotopic (exact) mass is 438 g/mol. The van der Waals surface area contributed by atoms with Crippen molar-refractivity contribution in [1.82, 2.24) is 4.90 Å². The predicted octanol–water partition coefficient (Wildman–Crippen LogP) is 4.72. The molecule has 6 nitrogen and oxygen atoms in total. The standard InChI is InChI=1S/C14H20N2O.C12H14O3/c1-11(12-7-9-16(2)10-8-12)15-13-5-3-4-6-14(13)17;13-8-10-3-5-11(6-4-10)15-9-12-2-1-7-14-12/h3-6,12,15,17H,1,7-10H2,2H3;3-6,8,12H,1-2,7,9H2. The SMILES string of the molecule is C=C(Nc1ccccc1O)C1CCN(C)CC1.O=Cc1ccc(OCC2CCCO2)cc1. The number of carbonyl (C=O) groups excluding carboxylic acids is 1. The Kier molecular flexibility index (Phi) is 9.13. The summed E-state index contributed by atoms with van der Waals surface area (Å²) >= 11 is 0. The molecule has 2 N–H and O–H groups in total. The number of hydrogen-bond acceptors (Lipinski definition) is 6. The van der Waals surface area contributed by atoms with Gasteiger partial charge in [0.1, 0.15) is 24.4 Å². The van der Waals surface area contributed by atoms with Crippen LogP contribution in [0.15, 0.2) is 60.8 Å². The van der Waals surface area contributed by atoms with Gasteiger partial charge in [-0.3, -0.25) is 4.79 Å². The lowest BCUT2D eigenvalue weighted by atomic mass is 9.94. The van der Waals surface area contributed by atoms with Crippen LogP contribution in [0.25, 0.3) is 0 Å². The van der Waals surface area contributed by atoms with E-state index in [0.29, 0.717) is 18.1 Å². The van der Waals surface area contributed by atoms with Crippen LogP contribution in [0.1, 0.15) is 36.0 Å². The zero-order chi connectivity index (χ0) is 22.8. The Morgan fingerprint density at radius 3 is 2.53 bits per heavy atom. The number of piperidine rings is 1. The van der Waals surface area contributed by atoms with Crippen LogP contribution >= 0.6 is 0 Å². The van der Waals surface area contributed by atoms with Crippen LogP contribution in [-0.2, 0) is 4.74 Å². The van der Waals surface area contributed by atoms with E-state index in [0.717, 1.165) is 68.8 Å². The number of benzene rings is 2. The number of para-hydroxylation sites is 2. The van der Waals surface area contributed by atoms with Gasteiger partial charge in [0.05, 0.1) is 11.8 Å². The lowest BCUT2D eigenvalue weighted by Gasteiger charge is -2.30. The second-order valence-electron chi connectivity index (χ2n) is 8.38. The first-order valence-corrected chi connectivity index (χ1v) is 11.3. The van der Waals surface area contributed by atoms with Gasteiger partial charge in [0.2, 0.25) is 0 Å². The Bertz CT molecular complexity index is 854. The molecular formula is C26H34N2O4. The van der Waals surface area contributed by atoms with Crippen LogP contribution < -0.4 is 10.1 Å². The number of rotatable bonds is 7. The maximum absolute atomic E-state index is 10.4. The molecule has 172 valence electrons. The molecule has 2 fully saturated rings. The highest BCUT2D eigenvalue weighted by Crippen LogP contribution is 2.28. The van der Waals surface area contributed by atoms with Gasteiger partial charge in [-0.2, -0.15) is 0 Å². The normalized spacial score (nSPS) is 19.0. The van der Waals surface area contributed by atoms with E-state index in [9.17, 15) is 9.90 Å². The number of allylic oxidation sites excluding steroid dienone is 1. The fourth-order valence-electron chi connectivity index (χ4n) is 3.82. The molecule has 0 saturated carbocycles. The first-order chi connectivity index (χ1) is 15.5. The van der Waals surface area contributed by atoms with Crippen molar-refractivity contribution in [3.05, 3.63) is 66.4 Å². The van der Waals surface area contributed by atoms with Crippen molar-refractivity contribution < 1.29 is 19.4 Å². The van der Waals surface area contributed by atoms with Crippen molar-refractivity contribution in [3.63, 3.8) is 0 Å². The topological polar surface area (TPSA) is 71.0 Å². The molecule has 2 aliphatic rings. The van der Waals surface area contributed by atoms with Crippen molar-refractivity contribution in [2.75, 3.05) is 38.7 Å². The Labute approximate surface area is 190 Å². The van der Waals surface area contributed by atoms with Gasteiger partial charge in [-0.1, -0.05) is 18.7 Å². The third-order valence-electron chi connectivity index (χ3n) is 5.89. The predicted molar refractivity (Wildman–Crippen MR) is 127 cm³/mol. The number of nitrogens with one attached hydrogen (secondary N) is 1. The van der Waals surface area contributed by atoms with E-state index in [1.807, 2.05) is 18.2 Å². The summed E-state index contributed by atoms with van der Waals surface area (Å²) in [6.45, 7) is 7.78. The highest BCUT2D eigenvalue weighted by molar-refractivity contribution is 5.74. The molecule has 1 atom stereocenters. The molecule has 4 rings (SSSR count). The lowest BCUT2D eigenvalue weighted by molar-refractivity contribution is 0.0679. The van der Waals surface area contributed by atoms with Crippen LogP contribution in [0, 0.1) is 5.92 Å². The van der Waals surface area contributed by atoms with Gasteiger partial charge in [0.25, 0.3) is 0 Å². The molecule has 2 heterocycles. The lowest BCUT2D eigenvalue weighted by Crippen LogP contribution is -2.31. The van der Waals surface area contributed by atoms with E-state index in [1.165, 1.54) is 0 Å². The molecule has 2 aliphatic heterocycles. The molecule has 1 unspecified atom stereocenters. The Morgan fingerprint density at radius 1 is 1.19 bits per heavy atom. The number of aldehydes is 1. The van der Waals surface area contributed by atoms with Gasteiger partial charge in [0.15, 0.2) is 0 Å². The Hall–Kier alpha value is -2.83. The van der Waals surface area contributed by atoms with Crippen molar-refractivity contribution >= 4 is 12.0 Å². The fraction of sp³-hybridized carbons (Fsp3) is 0.423. The van der Waals surface area contributed by atoms with E-state index in [4.69, 9.17) is 9.47 Å². The van der Waals surface area contributed by atoms with Crippen LogP contribution in [0.5, 0.6) is 11.5 Å². The number of carbonyl (C=O) groups is 1. The zero-order valence-corrected chi connectivity index (χ0v) is 18.8. The molecule has 2 aromatic carbocycles. The van der Waals surface area contributed by atoms with E-state index in [1.54, 1.807) is 30.3 Å². The van der Waals surface area contributed by atoms with E-state index in [-0.39, 0.29) is 11.9 Å². The summed E-state index contributed by atoms with van der Waals surface area (Å²) in [5, 5.41) is 12.9. The van der Waals surface area contributed by atoms with Gasteiger partial charge in [-0.15, -0.1) is 0 Å². The van der Waals surface area contributed by atoms with Crippen molar-refractivity contribution in [1.29, 1.82) is 0 Å². The summed E-state index contributed by atoms with van der Waals surface area (Å²) < 4.78 is 11.0. The molecule has 0 bridgehead atoms. The molecule has 0 radical (unpaired) electrons. The van der Waals surface area contributed by atoms with Gasteiger partial charge in [-0.05, 0) is 82.2 Å². The van der Waals surface area contributed by atoms with Crippen LogP contribution in [-0.4, -0.2) is 55.7 Å². The molecule has 2 saturated heterocycles. The van der Waals surface area contributed by atoms with E-state index in [2.05, 4.69) is 23.8 Å².